The standard InChI is InChI=1S/C8H11BrO3/c9-5-7(10)8(11)6-1-3-12-4-2-6/h6H,1-5H2. The van der Waals surface area contributed by atoms with Gasteiger partial charge in [-0.05, 0) is 12.8 Å². The first-order chi connectivity index (χ1) is 5.75. The fourth-order valence-electron chi connectivity index (χ4n) is 1.25. The van der Waals surface area contributed by atoms with Crippen molar-refractivity contribution in [2.75, 3.05) is 18.5 Å². The summed E-state index contributed by atoms with van der Waals surface area (Å²) in [5.41, 5.74) is 0. The van der Waals surface area contributed by atoms with Crippen molar-refractivity contribution in [3.8, 4) is 0 Å². The minimum atomic E-state index is -0.318. The van der Waals surface area contributed by atoms with E-state index in [9.17, 15) is 9.59 Å². The summed E-state index contributed by atoms with van der Waals surface area (Å²) in [5.74, 6) is -0.652. The van der Waals surface area contributed by atoms with Gasteiger partial charge < -0.3 is 4.74 Å². The number of halogens is 1. The van der Waals surface area contributed by atoms with Gasteiger partial charge in [0.05, 0.1) is 5.33 Å². The summed E-state index contributed by atoms with van der Waals surface area (Å²) in [5, 5.41) is 0.142. The number of hydrogen-bond acceptors (Lipinski definition) is 3. The number of carbonyl (C=O) groups is 2. The number of carbonyl (C=O) groups excluding carboxylic acids is 2. The Morgan fingerprint density at radius 2 is 1.92 bits per heavy atom. The highest BCUT2D eigenvalue weighted by Gasteiger charge is 2.25. The van der Waals surface area contributed by atoms with Crippen LogP contribution >= 0.6 is 15.9 Å². The molecule has 1 fully saturated rings. The van der Waals surface area contributed by atoms with Gasteiger partial charge in [0.15, 0.2) is 0 Å². The van der Waals surface area contributed by atoms with Crippen molar-refractivity contribution in [1.82, 2.24) is 0 Å². The highest BCUT2D eigenvalue weighted by molar-refractivity contribution is 9.09. The lowest BCUT2D eigenvalue weighted by molar-refractivity contribution is -0.139. The Morgan fingerprint density at radius 3 is 2.42 bits per heavy atom. The van der Waals surface area contributed by atoms with Gasteiger partial charge in [-0.15, -0.1) is 0 Å². The van der Waals surface area contributed by atoms with Crippen LogP contribution in [0.2, 0.25) is 0 Å². The molecule has 0 aromatic heterocycles. The van der Waals surface area contributed by atoms with Gasteiger partial charge in [-0.2, -0.15) is 0 Å². The number of rotatable bonds is 3. The number of alkyl halides is 1. The van der Waals surface area contributed by atoms with E-state index in [0.717, 1.165) is 0 Å². The average Bonchev–Trinajstić information content (AvgIpc) is 2.17. The Morgan fingerprint density at radius 1 is 1.33 bits per heavy atom. The first kappa shape index (κ1) is 9.86. The van der Waals surface area contributed by atoms with E-state index >= 15 is 0 Å². The van der Waals surface area contributed by atoms with Crippen LogP contribution in [0.25, 0.3) is 0 Å². The molecule has 0 aromatic carbocycles. The van der Waals surface area contributed by atoms with Crippen LogP contribution in [0.3, 0.4) is 0 Å². The van der Waals surface area contributed by atoms with Crippen LogP contribution in [0.5, 0.6) is 0 Å². The van der Waals surface area contributed by atoms with E-state index in [1.807, 2.05) is 0 Å². The zero-order valence-corrected chi connectivity index (χ0v) is 8.30. The summed E-state index contributed by atoms with van der Waals surface area (Å²) in [4.78, 5) is 22.3. The van der Waals surface area contributed by atoms with Crippen molar-refractivity contribution in [3.05, 3.63) is 0 Å². The second-order valence-corrected chi connectivity index (χ2v) is 3.37. The number of ether oxygens (including phenoxy) is 1. The molecule has 12 heavy (non-hydrogen) atoms. The van der Waals surface area contributed by atoms with Crippen LogP contribution in [-0.2, 0) is 14.3 Å². The van der Waals surface area contributed by atoms with Gasteiger partial charge in [0.25, 0.3) is 0 Å². The third-order valence-electron chi connectivity index (χ3n) is 1.99. The van der Waals surface area contributed by atoms with Crippen LogP contribution in [-0.4, -0.2) is 30.1 Å². The van der Waals surface area contributed by atoms with Crippen LogP contribution < -0.4 is 0 Å². The zero-order chi connectivity index (χ0) is 8.97. The highest BCUT2D eigenvalue weighted by Crippen LogP contribution is 2.16. The number of hydrogen-bond donors (Lipinski definition) is 0. The molecule has 0 amide bonds. The monoisotopic (exact) mass is 234 g/mol. The van der Waals surface area contributed by atoms with Crippen molar-refractivity contribution in [2.24, 2.45) is 5.92 Å². The molecular weight excluding hydrogens is 224 g/mol. The van der Waals surface area contributed by atoms with Crippen LogP contribution in [0, 0.1) is 5.92 Å². The summed E-state index contributed by atoms with van der Waals surface area (Å²) in [6, 6.07) is 0. The summed E-state index contributed by atoms with van der Waals surface area (Å²) in [7, 11) is 0. The zero-order valence-electron chi connectivity index (χ0n) is 6.72. The normalized spacial score (nSPS) is 19.1. The van der Waals surface area contributed by atoms with E-state index in [2.05, 4.69) is 15.9 Å². The van der Waals surface area contributed by atoms with E-state index in [1.165, 1.54) is 0 Å². The van der Waals surface area contributed by atoms with Crippen molar-refractivity contribution in [2.45, 2.75) is 12.8 Å². The Hall–Kier alpha value is -0.220. The van der Waals surface area contributed by atoms with Crippen LogP contribution in [0.15, 0.2) is 0 Å². The fourth-order valence-corrected chi connectivity index (χ4v) is 1.53. The number of Topliss-reactive ketones (excluding diaryl/α,β-unsaturated/α-hetero) is 2. The molecular formula is C8H11BrO3. The first-order valence-electron chi connectivity index (χ1n) is 3.96. The topological polar surface area (TPSA) is 43.4 Å². The molecule has 1 heterocycles. The summed E-state index contributed by atoms with van der Waals surface area (Å²) < 4.78 is 5.09. The molecule has 0 atom stereocenters. The molecule has 1 aliphatic heterocycles. The predicted molar refractivity (Wildman–Crippen MR) is 47.4 cm³/mol. The molecule has 0 bridgehead atoms. The third-order valence-corrected chi connectivity index (χ3v) is 2.50. The molecule has 68 valence electrons. The lowest BCUT2D eigenvalue weighted by Gasteiger charge is -2.19. The van der Waals surface area contributed by atoms with Gasteiger partial charge in [-0.3, -0.25) is 9.59 Å². The average molecular weight is 235 g/mol. The maximum atomic E-state index is 11.3. The van der Waals surface area contributed by atoms with Crippen molar-refractivity contribution in [3.63, 3.8) is 0 Å². The maximum absolute atomic E-state index is 11.3. The lowest BCUT2D eigenvalue weighted by atomic mass is 9.93. The molecule has 0 unspecified atom stereocenters. The smallest absolute Gasteiger partial charge is 0.209 e. The Balaban J connectivity index is 2.45. The lowest BCUT2D eigenvalue weighted by Crippen LogP contribution is -2.29. The fraction of sp³-hybridized carbons (Fsp3) is 0.750. The molecule has 0 spiro atoms. The van der Waals surface area contributed by atoms with Gasteiger partial charge in [0, 0.05) is 19.1 Å². The SMILES string of the molecule is O=C(CBr)C(=O)C1CCOCC1. The molecule has 3 nitrogen and oxygen atoms in total. The summed E-state index contributed by atoms with van der Waals surface area (Å²) >= 11 is 2.98. The van der Waals surface area contributed by atoms with E-state index in [0.29, 0.717) is 26.1 Å². The van der Waals surface area contributed by atoms with Crippen LogP contribution in [0.4, 0.5) is 0 Å². The molecule has 0 N–H and O–H groups in total. The molecule has 1 saturated heterocycles. The minimum Gasteiger partial charge on any atom is -0.381 e. The van der Waals surface area contributed by atoms with Crippen molar-refractivity contribution >= 4 is 27.5 Å². The van der Waals surface area contributed by atoms with Gasteiger partial charge >= 0.3 is 0 Å². The van der Waals surface area contributed by atoms with E-state index in [4.69, 9.17) is 4.74 Å². The van der Waals surface area contributed by atoms with Gasteiger partial charge in [0.1, 0.15) is 0 Å². The predicted octanol–water partition coefficient (Wildman–Crippen LogP) is 0.946. The van der Waals surface area contributed by atoms with Crippen molar-refractivity contribution < 1.29 is 14.3 Å². The summed E-state index contributed by atoms with van der Waals surface area (Å²) in [6.07, 6.45) is 1.38. The molecule has 4 heteroatoms. The largest absolute Gasteiger partial charge is 0.381 e. The Labute approximate surface area is 79.6 Å². The molecule has 0 saturated carbocycles. The van der Waals surface area contributed by atoms with Gasteiger partial charge in [-0.25, -0.2) is 0 Å². The van der Waals surface area contributed by atoms with E-state index in [1.54, 1.807) is 0 Å². The summed E-state index contributed by atoms with van der Waals surface area (Å²) in [6.45, 7) is 1.21. The second kappa shape index (κ2) is 4.72. The number of ketones is 2. The second-order valence-electron chi connectivity index (χ2n) is 2.81. The molecule has 0 aromatic rings. The Bertz CT molecular complexity index is 185. The first-order valence-corrected chi connectivity index (χ1v) is 5.08. The highest BCUT2D eigenvalue weighted by atomic mass is 79.9. The molecule has 0 aliphatic carbocycles. The minimum absolute atomic E-state index is 0.0937. The van der Waals surface area contributed by atoms with E-state index in [-0.39, 0.29) is 22.8 Å². The maximum Gasteiger partial charge on any atom is 0.209 e. The molecule has 1 aliphatic rings. The Kier molecular flexibility index (Phi) is 3.88. The van der Waals surface area contributed by atoms with Crippen molar-refractivity contribution in [1.29, 1.82) is 0 Å². The molecule has 1 rings (SSSR count). The van der Waals surface area contributed by atoms with Crippen LogP contribution in [0.1, 0.15) is 12.8 Å². The third kappa shape index (κ3) is 2.38. The van der Waals surface area contributed by atoms with E-state index < -0.39 is 0 Å². The quantitative estimate of drug-likeness (QED) is 0.540. The van der Waals surface area contributed by atoms with Gasteiger partial charge in [-0.1, -0.05) is 15.9 Å². The molecule has 0 radical (unpaired) electrons. The van der Waals surface area contributed by atoms with Gasteiger partial charge in [0.2, 0.25) is 11.6 Å².